The molecule has 0 unspecified atom stereocenters. The SMILES string of the molecule is COc1ccccc1S(=O)(=O)Nc1noc2c1CC1(CC1)c1ccc(N3CCC[C@@H](O)C3)cc1-2. The van der Waals surface area contributed by atoms with Gasteiger partial charge >= 0.3 is 0 Å². The summed E-state index contributed by atoms with van der Waals surface area (Å²) in [7, 11) is -2.48. The van der Waals surface area contributed by atoms with Gasteiger partial charge in [0.05, 0.1) is 13.2 Å². The van der Waals surface area contributed by atoms with Crippen molar-refractivity contribution in [3.8, 4) is 17.1 Å². The zero-order valence-electron chi connectivity index (χ0n) is 19.0. The van der Waals surface area contributed by atoms with E-state index in [1.165, 1.54) is 18.7 Å². The van der Waals surface area contributed by atoms with Gasteiger partial charge in [-0.25, -0.2) is 8.42 Å². The van der Waals surface area contributed by atoms with E-state index in [9.17, 15) is 13.5 Å². The van der Waals surface area contributed by atoms with Gasteiger partial charge in [-0.05, 0) is 61.9 Å². The fraction of sp³-hybridized carbons (Fsp3) is 0.400. The van der Waals surface area contributed by atoms with Crippen molar-refractivity contribution in [3.05, 3.63) is 53.6 Å². The van der Waals surface area contributed by atoms with Gasteiger partial charge in [0.2, 0.25) is 0 Å². The average molecular weight is 482 g/mol. The average Bonchev–Trinajstić information content (AvgIpc) is 3.51. The van der Waals surface area contributed by atoms with Gasteiger partial charge in [0.1, 0.15) is 10.6 Å². The zero-order valence-corrected chi connectivity index (χ0v) is 19.8. The third-order valence-electron chi connectivity index (χ3n) is 7.33. The first-order valence-electron chi connectivity index (χ1n) is 11.6. The molecule has 34 heavy (non-hydrogen) atoms. The highest BCUT2D eigenvalue weighted by Crippen LogP contribution is 2.58. The third-order valence-corrected chi connectivity index (χ3v) is 8.71. The second-order valence-electron chi connectivity index (χ2n) is 9.52. The number of β-amino-alcohol motifs (C(OH)–C–C–N with tert-alkyl or cyclic N) is 1. The molecule has 2 N–H and O–H groups in total. The van der Waals surface area contributed by atoms with Crippen molar-refractivity contribution in [2.24, 2.45) is 0 Å². The predicted octanol–water partition coefficient (Wildman–Crippen LogP) is 3.70. The highest BCUT2D eigenvalue weighted by Gasteiger charge is 2.50. The Kier molecular flexibility index (Phi) is 4.90. The molecule has 0 bridgehead atoms. The van der Waals surface area contributed by atoms with Gasteiger partial charge in [-0.1, -0.05) is 23.4 Å². The van der Waals surface area contributed by atoms with E-state index in [2.05, 4.69) is 33.0 Å². The molecule has 178 valence electrons. The number of para-hydroxylation sites is 1. The van der Waals surface area contributed by atoms with Crippen LogP contribution in [-0.4, -0.2) is 45.0 Å². The molecular formula is C25H27N3O5S. The van der Waals surface area contributed by atoms with Crippen LogP contribution in [0.15, 0.2) is 51.9 Å². The lowest BCUT2D eigenvalue weighted by Crippen LogP contribution is -2.38. The Morgan fingerprint density at radius 3 is 2.82 bits per heavy atom. The summed E-state index contributed by atoms with van der Waals surface area (Å²) in [4.78, 5) is 2.25. The van der Waals surface area contributed by atoms with E-state index >= 15 is 0 Å². The van der Waals surface area contributed by atoms with E-state index in [0.717, 1.165) is 49.0 Å². The van der Waals surface area contributed by atoms with Gasteiger partial charge < -0.3 is 19.3 Å². The van der Waals surface area contributed by atoms with Gasteiger partial charge in [-0.15, -0.1) is 0 Å². The maximum absolute atomic E-state index is 13.2. The summed E-state index contributed by atoms with van der Waals surface area (Å²) in [6.07, 6.45) is 4.23. The molecule has 3 aliphatic rings. The van der Waals surface area contributed by atoms with Crippen molar-refractivity contribution in [2.45, 2.75) is 48.5 Å². The summed E-state index contributed by atoms with van der Waals surface area (Å²) in [6, 6.07) is 12.9. The van der Waals surface area contributed by atoms with Crippen molar-refractivity contribution in [1.29, 1.82) is 0 Å². The number of piperidine rings is 1. The fourth-order valence-corrected chi connectivity index (χ4v) is 6.59. The lowest BCUT2D eigenvalue weighted by molar-refractivity contribution is 0.154. The van der Waals surface area contributed by atoms with Crippen molar-refractivity contribution in [3.63, 3.8) is 0 Å². The Morgan fingerprint density at radius 1 is 1.24 bits per heavy atom. The van der Waals surface area contributed by atoms with Crippen LogP contribution in [0.2, 0.25) is 0 Å². The number of hydrogen-bond acceptors (Lipinski definition) is 7. The van der Waals surface area contributed by atoms with Gasteiger partial charge in [-0.2, -0.15) is 0 Å². The number of sulfonamides is 1. The number of nitrogens with zero attached hydrogens (tertiary/aromatic N) is 2. The molecular weight excluding hydrogens is 454 g/mol. The molecule has 2 aliphatic carbocycles. The van der Waals surface area contributed by atoms with Gasteiger partial charge in [0.25, 0.3) is 10.0 Å². The van der Waals surface area contributed by atoms with Gasteiger partial charge in [0.15, 0.2) is 11.6 Å². The molecule has 6 rings (SSSR count). The number of benzene rings is 2. The first kappa shape index (κ1) is 21.5. The third kappa shape index (κ3) is 3.45. The molecule has 2 aromatic carbocycles. The highest BCUT2D eigenvalue weighted by atomic mass is 32.2. The quantitative estimate of drug-likeness (QED) is 0.572. The molecule has 8 nitrogen and oxygen atoms in total. The number of methoxy groups -OCH3 is 1. The minimum Gasteiger partial charge on any atom is -0.495 e. The molecule has 0 radical (unpaired) electrons. The van der Waals surface area contributed by atoms with Crippen LogP contribution in [0.1, 0.15) is 36.8 Å². The van der Waals surface area contributed by atoms with Crippen LogP contribution in [0.25, 0.3) is 11.3 Å². The summed E-state index contributed by atoms with van der Waals surface area (Å²) in [5, 5.41) is 14.3. The van der Waals surface area contributed by atoms with Crippen LogP contribution in [0, 0.1) is 0 Å². The van der Waals surface area contributed by atoms with Crippen LogP contribution in [0.3, 0.4) is 0 Å². The molecule has 3 aromatic rings. The number of hydrogen-bond donors (Lipinski definition) is 2. The van der Waals surface area contributed by atoms with Crippen LogP contribution in [-0.2, 0) is 21.9 Å². The number of nitrogens with one attached hydrogen (secondary N) is 1. The summed E-state index contributed by atoms with van der Waals surface area (Å²) in [5.41, 5.74) is 4.02. The van der Waals surface area contributed by atoms with Crippen LogP contribution in [0.5, 0.6) is 5.75 Å². The molecule has 2 heterocycles. The summed E-state index contributed by atoms with van der Waals surface area (Å²) < 4.78 is 40.0. The second-order valence-corrected chi connectivity index (χ2v) is 11.2. The minimum absolute atomic E-state index is 0.00153. The summed E-state index contributed by atoms with van der Waals surface area (Å²) >= 11 is 0. The van der Waals surface area contributed by atoms with E-state index in [1.54, 1.807) is 18.2 Å². The number of aliphatic hydroxyl groups excluding tert-OH is 1. The Labute approximate surface area is 198 Å². The standard InChI is InChI=1S/C25H27N3O5S/c1-32-21-6-2-3-7-22(21)34(30,31)27-24-19-14-25(10-11-25)20-9-8-16(13-18(20)23(19)33-26-24)28-12-4-5-17(29)15-28/h2-3,6-9,13,17,29H,4-5,10-12,14-15H2,1H3,(H,26,27)/t17-/m1/s1. The Morgan fingerprint density at radius 2 is 2.06 bits per heavy atom. The Bertz CT molecular complexity index is 1360. The fourth-order valence-electron chi connectivity index (χ4n) is 5.39. The molecule has 1 atom stereocenters. The largest absolute Gasteiger partial charge is 0.495 e. The minimum atomic E-state index is -3.92. The number of fused-ring (bicyclic) bond motifs is 4. The van der Waals surface area contributed by atoms with Crippen molar-refractivity contribution in [2.75, 3.05) is 29.8 Å². The molecule has 1 aromatic heterocycles. The molecule has 1 aliphatic heterocycles. The number of aliphatic hydroxyl groups is 1. The van der Waals surface area contributed by atoms with Crippen LogP contribution >= 0.6 is 0 Å². The van der Waals surface area contributed by atoms with E-state index in [0.29, 0.717) is 18.7 Å². The lowest BCUT2D eigenvalue weighted by Gasteiger charge is -2.33. The highest BCUT2D eigenvalue weighted by molar-refractivity contribution is 7.92. The van der Waals surface area contributed by atoms with Crippen molar-refractivity contribution in [1.82, 2.24) is 5.16 Å². The number of anilines is 2. The molecule has 1 saturated heterocycles. The van der Waals surface area contributed by atoms with E-state index in [-0.39, 0.29) is 28.0 Å². The van der Waals surface area contributed by atoms with E-state index in [1.807, 2.05) is 0 Å². The smallest absolute Gasteiger partial charge is 0.266 e. The summed E-state index contributed by atoms with van der Waals surface area (Å²) in [6.45, 7) is 1.51. The lowest BCUT2D eigenvalue weighted by atomic mass is 9.79. The number of rotatable bonds is 5. The maximum Gasteiger partial charge on any atom is 0.266 e. The van der Waals surface area contributed by atoms with Gasteiger partial charge in [0, 0.05) is 35.3 Å². The van der Waals surface area contributed by atoms with Gasteiger partial charge in [-0.3, -0.25) is 4.72 Å². The number of aromatic nitrogens is 1. The molecule has 2 fully saturated rings. The van der Waals surface area contributed by atoms with Crippen molar-refractivity contribution >= 4 is 21.5 Å². The zero-order chi connectivity index (χ0) is 23.5. The number of ether oxygens (including phenoxy) is 1. The van der Waals surface area contributed by atoms with Crippen LogP contribution in [0.4, 0.5) is 11.5 Å². The Balaban J connectivity index is 1.39. The molecule has 1 spiro atoms. The molecule has 9 heteroatoms. The summed E-state index contributed by atoms with van der Waals surface area (Å²) in [5.74, 6) is 1.12. The Hall–Kier alpha value is -3.04. The molecule has 0 amide bonds. The van der Waals surface area contributed by atoms with Crippen LogP contribution < -0.4 is 14.4 Å². The van der Waals surface area contributed by atoms with E-state index < -0.39 is 10.0 Å². The maximum atomic E-state index is 13.2. The second kappa shape index (κ2) is 7.74. The topological polar surface area (TPSA) is 105 Å². The monoisotopic (exact) mass is 481 g/mol. The van der Waals surface area contributed by atoms with Crippen molar-refractivity contribution < 1.29 is 22.8 Å². The predicted molar refractivity (Wildman–Crippen MR) is 128 cm³/mol. The first-order chi connectivity index (χ1) is 16.4. The first-order valence-corrected chi connectivity index (χ1v) is 13.1. The van der Waals surface area contributed by atoms with E-state index in [4.69, 9.17) is 9.26 Å². The normalized spacial score (nSPS) is 20.5. The molecule has 1 saturated carbocycles.